The summed E-state index contributed by atoms with van der Waals surface area (Å²) in [5.74, 6) is 0.237. The second-order valence-corrected chi connectivity index (χ2v) is 4.81. The number of rotatable bonds is 3. The van der Waals surface area contributed by atoms with Crippen molar-refractivity contribution in [1.82, 2.24) is 4.98 Å². The first-order valence-electron chi connectivity index (χ1n) is 5.78. The predicted molar refractivity (Wildman–Crippen MR) is 66.8 cm³/mol. The summed E-state index contributed by atoms with van der Waals surface area (Å²) in [6.07, 6.45) is 4.81. The highest BCUT2D eigenvalue weighted by Crippen LogP contribution is 2.29. The second-order valence-electron chi connectivity index (χ2n) is 4.40. The van der Waals surface area contributed by atoms with Crippen LogP contribution in [0, 0.1) is 10.1 Å². The lowest BCUT2D eigenvalue weighted by Crippen LogP contribution is -2.33. The van der Waals surface area contributed by atoms with Crippen molar-refractivity contribution in [3.8, 4) is 5.88 Å². The molecule has 0 aromatic carbocycles. The van der Waals surface area contributed by atoms with Gasteiger partial charge in [0.2, 0.25) is 5.88 Å². The zero-order valence-electron chi connectivity index (χ0n) is 9.71. The van der Waals surface area contributed by atoms with Crippen LogP contribution in [0.3, 0.4) is 0 Å². The zero-order valence-corrected chi connectivity index (χ0v) is 10.5. The molecule has 18 heavy (non-hydrogen) atoms. The highest BCUT2D eigenvalue weighted by Gasteiger charge is 2.22. The Morgan fingerprint density at radius 1 is 1.56 bits per heavy atom. The molecule has 0 spiro atoms. The van der Waals surface area contributed by atoms with E-state index >= 15 is 0 Å². The van der Waals surface area contributed by atoms with Crippen molar-refractivity contribution in [2.75, 3.05) is 0 Å². The Balaban J connectivity index is 2.07. The molecule has 0 aliphatic heterocycles. The van der Waals surface area contributed by atoms with Crippen molar-refractivity contribution in [1.29, 1.82) is 0 Å². The summed E-state index contributed by atoms with van der Waals surface area (Å²) in [6.45, 7) is 0. The summed E-state index contributed by atoms with van der Waals surface area (Å²) >= 11 is 5.91. The van der Waals surface area contributed by atoms with Crippen LogP contribution >= 0.6 is 11.6 Å². The van der Waals surface area contributed by atoms with Gasteiger partial charge in [-0.05, 0) is 25.7 Å². The largest absolute Gasteiger partial charge is 0.473 e. The summed E-state index contributed by atoms with van der Waals surface area (Å²) in [6, 6.07) is 1.38. The third-order valence-corrected chi connectivity index (χ3v) is 3.22. The molecule has 1 aromatic heterocycles. The number of nitrogens with zero attached hydrogens (tertiary/aromatic N) is 2. The third kappa shape index (κ3) is 3.08. The van der Waals surface area contributed by atoms with Gasteiger partial charge in [0.1, 0.15) is 17.3 Å². The minimum atomic E-state index is -0.542. The molecule has 1 fully saturated rings. The number of halogens is 1. The van der Waals surface area contributed by atoms with Crippen LogP contribution in [0.25, 0.3) is 0 Å². The van der Waals surface area contributed by atoms with Crippen molar-refractivity contribution >= 4 is 17.3 Å². The Bertz CT molecular complexity index is 455. The smallest absolute Gasteiger partial charge is 0.289 e. The molecule has 98 valence electrons. The maximum atomic E-state index is 10.5. The van der Waals surface area contributed by atoms with E-state index in [1.165, 1.54) is 6.07 Å². The molecule has 6 nitrogen and oxygen atoms in total. The maximum absolute atomic E-state index is 10.5. The van der Waals surface area contributed by atoms with Crippen LogP contribution in [0.1, 0.15) is 25.7 Å². The Morgan fingerprint density at radius 2 is 2.33 bits per heavy atom. The van der Waals surface area contributed by atoms with E-state index in [0.29, 0.717) is 0 Å². The molecule has 2 atom stereocenters. The fourth-order valence-electron chi connectivity index (χ4n) is 2.05. The molecule has 0 amide bonds. The molecule has 7 heteroatoms. The number of nitrogens with two attached hydrogens (primary N) is 1. The monoisotopic (exact) mass is 271 g/mol. The van der Waals surface area contributed by atoms with Crippen molar-refractivity contribution in [2.45, 2.75) is 37.8 Å². The second kappa shape index (κ2) is 5.49. The maximum Gasteiger partial charge on any atom is 0.289 e. The van der Waals surface area contributed by atoms with Gasteiger partial charge >= 0.3 is 0 Å². The van der Waals surface area contributed by atoms with Gasteiger partial charge in [0, 0.05) is 12.1 Å². The molecule has 1 heterocycles. The van der Waals surface area contributed by atoms with E-state index in [1.54, 1.807) is 0 Å². The minimum Gasteiger partial charge on any atom is -0.473 e. The van der Waals surface area contributed by atoms with E-state index in [9.17, 15) is 10.1 Å². The van der Waals surface area contributed by atoms with Gasteiger partial charge < -0.3 is 10.5 Å². The van der Waals surface area contributed by atoms with Gasteiger partial charge in [-0.25, -0.2) is 4.98 Å². The average Bonchev–Trinajstić information content (AvgIpc) is 2.31. The standard InChI is InChI=1S/C11H14ClN3O3/c12-10-5-8(15(16)17)6-14-11(10)18-9-3-1-2-7(13)4-9/h5-7,9H,1-4,13H2. The highest BCUT2D eigenvalue weighted by atomic mass is 35.5. The van der Waals surface area contributed by atoms with Crippen LogP contribution in [0.15, 0.2) is 12.3 Å². The normalized spacial score (nSPS) is 23.7. The summed E-state index contributed by atoms with van der Waals surface area (Å²) in [4.78, 5) is 13.9. The van der Waals surface area contributed by atoms with E-state index < -0.39 is 4.92 Å². The number of pyridine rings is 1. The van der Waals surface area contributed by atoms with Gasteiger partial charge in [-0.1, -0.05) is 11.6 Å². The molecular weight excluding hydrogens is 258 g/mol. The summed E-state index contributed by atoms with van der Waals surface area (Å²) < 4.78 is 5.65. The summed E-state index contributed by atoms with van der Waals surface area (Å²) in [5, 5.41) is 10.7. The first kappa shape index (κ1) is 13.0. The molecule has 0 saturated heterocycles. The van der Waals surface area contributed by atoms with Crippen LogP contribution in [-0.4, -0.2) is 22.1 Å². The van der Waals surface area contributed by atoms with E-state index in [1.807, 2.05) is 0 Å². The molecule has 1 aliphatic rings. The molecule has 1 aromatic rings. The van der Waals surface area contributed by atoms with Crippen molar-refractivity contribution in [3.05, 3.63) is 27.4 Å². The van der Waals surface area contributed by atoms with Crippen molar-refractivity contribution in [2.24, 2.45) is 5.73 Å². The third-order valence-electron chi connectivity index (χ3n) is 2.95. The SMILES string of the molecule is NC1CCCC(Oc2ncc([N+](=O)[O-])cc2Cl)C1. The van der Waals surface area contributed by atoms with E-state index in [2.05, 4.69) is 4.98 Å². The van der Waals surface area contributed by atoms with Crippen molar-refractivity contribution in [3.63, 3.8) is 0 Å². The van der Waals surface area contributed by atoms with Crippen LogP contribution < -0.4 is 10.5 Å². The molecule has 2 rings (SSSR count). The number of hydrogen-bond donors (Lipinski definition) is 1. The van der Waals surface area contributed by atoms with E-state index in [4.69, 9.17) is 22.1 Å². The van der Waals surface area contributed by atoms with E-state index in [0.717, 1.165) is 31.9 Å². The fourth-order valence-corrected chi connectivity index (χ4v) is 2.25. The molecule has 1 saturated carbocycles. The van der Waals surface area contributed by atoms with Crippen molar-refractivity contribution < 1.29 is 9.66 Å². The Hall–Kier alpha value is -1.40. The molecule has 2 N–H and O–H groups in total. The first-order chi connectivity index (χ1) is 8.56. The van der Waals surface area contributed by atoms with Gasteiger partial charge in [0.15, 0.2) is 0 Å². The van der Waals surface area contributed by atoms with Gasteiger partial charge in [-0.15, -0.1) is 0 Å². The van der Waals surface area contributed by atoms with Gasteiger partial charge in [-0.2, -0.15) is 0 Å². The molecule has 1 aliphatic carbocycles. The zero-order chi connectivity index (χ0) is 13.1. The lowest BCUT2D eigenvalue weighted by molar-refractivity contribution is -0.385. The highest BCUT2D eigenvalue weighted by molar-refractivity contribution is 6.32. The topological polar surface area (TPSA) is 91.3 Å². The number of hydrogen-bond acceptors (Lipinski definition) is 5. The number of ether oxygens (including phenoxy) is 1. The van der Waals surface area contributed by atoms with Crippen LogP contribution in [-0.2, 0) is 0 Å². The Labute approximate surface area is 109 Å². The Morgan fingerprint density at radius 3 is 2.94 bits per heavy atom. The lowest BCUT2D eigenvalue weighted by atomic mass is 9.94. The molecule has 0 radical (unpaired) electrons. The number of aromatic nitrogens is 1. The summed E-state index contributed by atoms with van der Waals surface area (Å²) in [7, 11) is 0. The predicted octanol–water partition coefficient (Wildman–Crippen LogP) is 2.29. The van der Waals surface area contributed by atoms with Crippen LogP contribution in [0.2, 0.25) is 5.02 Å². The van der Waals surface area contributed by atoms with E-state index in [-0.39, 0.29) is 28.7 Å². The van der Waals surface area contributed by atoms with Crippen LogP contribution in [0.4, 0.5) is 5.69 Å². The minimum absolute atomic E-state index is 0.0137. The fraction of sp³-hybridized carbons (Fsp3) is 0.545. The number of nitro groups is 1. The quantitative estimate of drug-likeness (QED) is 0.673. The molecular formula is C11H14ClN3O3. The molecule has 0 bridgehead atoms. The van der Waals surface area contributed by atoms with Gasteiger partial charge in [0.05, 0.1) is 4.92 Å². The molecule has 2 unspecified atom stereocenters. The van der Waals surface area contributed by atoms with Gasteiger partial charge in [0.25, 0.3) is 5.69 Å². The Kier molecular flexibility index (Phi) is 3.98. The lowest BCUT2D eigenvalue weighted by Gasteiger charge is -2.26. The van der Waals surface area contributed by atoms with Crippen LogP contribution in [0.5, 0.6) is 5.88 Å². The summed E-state index contributed by atoms with van der Waals surface area (Å²) in [5.41, 5.74) is 5.71. The van der Waals surface area contributed by atoms with Gasteiger partial charge in [-0.3, -0.25) is 10.1 Å². The average molecular weight is 272 g/mol. The first-order valence-corrected chi connectivity index (χ1v) is 6.16.